The number of halogens is 3. The highest BCUT2D eigenvalue weighted by Crippen LogP contribution is 2.37. The van der Waals surface area contributed by atoms with Gasteiger partial charge in [0.05, 0.1) is 24.3 Å². The van der Waals surface area contributed by atoms with E-state index in [2.05, 4.69) is 20.1 Å². The number of anilines is 2. The van der Waals surface area contributed by atoms with Gasteiger partial charge in [0.25, 0.3) is 0 Å². The quantitative estimate of drug-likeness (QED) is 0.178. The van der Waals surface area contributed by atoms with Crippen LogP contribution in [0.15, 0.2) is 79.0 Å². The van der Waals surface area contributed by atoms with E-state index in [1.807, 2.05) is 24.3 Å². The van der Waals surface area contributed by atoms with Crippen LogP contribution in [0.25, 0.3) is 22.3 Å². The Morgan fingerprint density at radius 3 is 2.65 bits per heavy atom. The van der Waals surface area contributed by atoms with Crippen LogP contribution in [0.5, 0.6) is 5.75 Å². The zero-order valence-electron chi connectivity index (χ0n) is 23.1. The van der Waals surface area contributed by atoms with Crippen molar-refractivity contribution in [1.82, 2.24) is 0 Å². The summed E-state index contributed by atoms with van der Waals surface area (Å²) in [7, 11) is 1.27. The number of carbonyl (C=O) groups is 2. The molecule has 222 valence electrons. The van der Waals surface area contributed by atoms with Crippen LogP contribution in [0, 0.1) is 5.21 Å². The molecule has 1 aromatic heterocycles. The van der Waals surface area contributed by atoms with Crippen molar-refractivity contribution in [2.24, 2.45) is 0 Å². The molecule has 1 atom stereocenters. The van der Waals surface area contributed by atoms with Gasteiger partial charge in [-0.1, -0.05) is 48.4 Å². The van der Waals surface area contributed by atoms with E-state index in [0.29, 0.717) is 46.9 Å². The topological polar surface area (TPSA) is 104 Å². The summed E-state index contributed by atoms with van der Waals surface area (Å²) in [6, 6.07) is 20.5. The fourth-order valence-corrected chi connectivity index (χ4v) is 5.42. The second-order valence-corrected chi connectivity index (χ2v) is 10.5. The smallest absolute Gasteiger partial charge is 0.411 e. The molecule has 3 aromatic carbocycles. The highest BCUT2D eigenvalue weighted by atomic mass is 35.5. The number of hydrogen-bond donors (Lipinski definition) is 2. The molecule has 11 heteroatoms. The average molecular weight is 608 g/mol. The molecule has 5 rings (SSSR count). The maximum atomic E-state index is 13.5. The van der Waals surface area contributed by atoms with Gasteiger partial charge in [0.1, 0.15) is 5.75 Å². The number of nitrogens with one attached hydrogen (secondary N) is 2. The Labute approximate surface area is 251 Å². The van der Waals surface area contributed by atoms with E-state index >= 15 is 0 Å². The zero-order valence-corrected chi connectivity index (χ0v) is 23.9. The van der Waals surface area contributed by atoms with Crippen molar-refractivity contribution in [3.63, 3.8) is 0 Å². The molecule has 0 spiro atoms. The monoisotopic (exact) mass is 607 g/mol. The van der Waals surface area contributed by atoms with E-state index in [0.717, 1.165) is 21.4 Å². The minimum atomic E-state index is -3.04. The summed E-state index contributed by atoms with van der Waals surface area (Å²) in [6.45, 7) is -3.04. The number of carbonyl (C=O) groups excluding carboxylic acids is 2. The summed E-state index contributed by atoms with van der Waals surface area (Å²) in [5, 5.41) is 19.4. The summed E-state index contributed by atoms with van der Waals surface area (Å²) in [5.41, 5.74) is 4.55. The van der Waals surface area contributed by atoms with Crippen LogP contribution < -0.4 is 20.1 Å². The lowest BCUT2D eigenvalue weighted by atomic mass is 9.87. The lowest BCUT2D eigenvalue weighted by molar-refractivity contribution is -0.614. The number of fused-ring (bicyclic) bond motifs is 4. The van der Waals surface area contributed by atoms with Gasteiger partial charge in [-0.3, -0.25) is 10.1 Å². The molecule has 43 heavy (non-hydrogen) atoms. The van der Waals surface area contributed by atoms with Crippen molar-refractivity contribution in [2.75, 3.05) is 17.7 Å². The number of ether oxygens (including phenoxy) is 2. The number of rotatable bonds is 5. The molecule has 0 radical (unpaired) electrons. The van der Waals surface area contributed by atoms with Crippen LogP contribution in [-0.4, -0.2) is 25.7 Å². The average Bonchev–Trinajstić information content (AvgIpc) is 2.98. The summed E-state index contributed by atoms with van der Waals surface area (Å²) in [6.07, 6.45) is 2.83. The standard InChI is InChI=1S/C32H28ClF2N3O5/c1-42-32(40)36-23-11-12-24-19-5-4-6-20(15-19)25(7-2-3-8-30(39)37-27(24)17-23)28-13-9-21(18-38(28)41)26-16-22(33)10-14-29(26)43-31(34)35/h4-6,9-18,25,31H,2-3,7-8H2,1H3,(H,36,40)(H,37,39)/t25-/m0/s1. The first-order valence-electron chi connectivity index (χ1n) is 13.6. The van der Waals surface area contributed by atoms with E-state index in [9.17, 15) is 23.6 Å². The minimum absolute atomic E-state index is 0.0901. The number of nitrogens with zero attached hydrogens (tertiary/aromatic N) is 1. The number of methoxy groups -OCH3 is 1. The molecule has 1 aliphatic rings. The fraction of sp³-hybridized carbons (Fsp3) is 0.219. The Balaban J connectivity index is 1.55. The molecule has 0 unspecified atom stereocenters. The molecule has 4 aromatic rings. The van der Waals surface area contributed by atoms with Crippen LogP contribution >= 0.6 is 11.6 Å². The lowest BCUT2D eigenvalue weighted by Crippen LogP contribution is -2.33. The van der Waals surface area contributed by atoms with Gasteiger partial charge in [0.15, 0.2) is 11.9 Å². The van der Waals surface area contributed by atoms with Gasteiger partial charge in [0, 0.05) is 34.3 Å². The van der Waals surface area contributed by atoms with Crippen LogP contribution in [-0.2, 0) is 9.53 Å². The van der Waals surface area contributed by atoms with Crippen LogP contribution in [0.4, 0.5) is 25.0 Å². The first-order chi connectivity index (χ1) is 20.7. The van der Waals surface area contributed by atoms with E-state index in [4.69, 9.17) is 11.6 Å². The molecule has 0 aliphatic carbocycles. The van der Waals surface area contributed by atoms with Crippen molar-refractivity contribution >= 4 is 35.0 Å². The van der Waals surface area contributed by atoms with E-state index in [1.54, 1.807) is 30.3 Å². The third kappa shape index (κ3) is 7.03. The van der Waals surface area contributed by atoms with E-state index in [-0.39, 0.29) is 29.6 Å². The number of pyridine rings is 1. The second-order valence-electron chi connectivity index (χ2n) is 10.0. The Morgan fingerprint density at radius 2 is 1.88 bits per heavy atom. The van der Waals surface area contributed by atoms with Gasteiger partial charge in [-0.15, -0.1) is 0 Å². The summed E-state index contributed by atoms with van der Waals surface area (Å²) in [4.78, 5) is 24.6. The Hall–Kier alpha value is -4.70. The highest BCUT2D eigenvalue weighted by Gasteiger charge is 2.25. The van der Waals surface area contributed by atoms with Gasteiger partial charge in [0.2, 0.25) is 5.91 Å². The first-order valence-corrected chi connectivity index (χ1v) is 14.0. The van der Waals surface area contributed by atoms with Gasteiger partial charge < -0.3 is 20.0 Å². The predicted molar refractivity (Wildman–Crippen MR) is 159 cm³/mol. The number of aromatic nitrogens is 1. The first kappa shape index (κ1) is 29.8. The normalized spacial score (nSPS) is 15.0. The van der Waals surface area contributed by atoms with Crippen molar-refractivity contribution in [2.45, 2.75) is 38.2 Å². The molecule has 1 aliphatic heterocycles. The molecular weight excluding hydrogens is 580 g/mol. The molecule has 2 amide bonds. The molecule has 0 saturated heterocycles. The fourth-order valence-electron chi connectivity index (χ4n) is 5.25. The maximum Gasteiger partial charge on any atom is 0.411 e. The molecule has 0 saturated carbocycles. The minimum Gasteiger partial charge on any atom is -0.618 e. The zero-order chi connectivity index (χ0) is 30.5. The Kier molecular flexibility index (Phi) is 9.06. The third-order valence-electron chi connectivity index (χ3n) is 7.24. The van der Waals surface area contributed by atoms with Crippen molar-refractivity contribution in [3.05, 3.63) is 100 Å². The van der Waals surface area contributed by atoms with Gasteiger partial charge >= 0.3 is 12.7 Å². The molecule has 0 fully saturated rings. The molecule has 8 nitrogen and oxygen atoms in total. The largest absolute Gasteiger partial charge is 0.618 e. The van der Waals surface area contributed by atoms with Crippen LogP contribution in [0.2, 0.25) is 5.02 Å². The Bertz CT molecular complexity index is 1670. The summed E-state index contributed by atoms with van der Waals surface area (Å²) in [5.74, 6) is -0.571. The number of alkyl halides is 2. The van der Waals surface area contributed by atoms with Crippen LogP contribution in [0.1, 0.15) is 42.9 Å². The highest BCUT2D eigenvalue weighted by molar-refractivity contribution is 6.31. The number of benzene rings is 3. The molecule has 2 bridgehead atoms. The van der Waals surface area contributed by atoms with Gasteiger partial charge in [-0.2, -0.15) is 13.5 Å². The summed E-state index contributed by atoms with van der Waals surface area (Å²) < 4.78 is 36.1. The van der Waals surface area contributed by atoms with Gasteiger partial charge in [-0.25, -0.2) is 4.79 Å². The van der Waals surface area contributed by atoms with E-state index in [1.165, 1.54) is 31.5 Å². The number of amides is 2. The number of hydrogen-bond acceptors (Lipinski definition) is 5. The van der Waals surface area contributed by atoms with Crippen molar-refractivity contribution < 1.29 is 32.6 Å². The third-order valence-corrected chi connectivity index (χ3v) is 7.48. The van der Waals surface area contributed by atoms with Crippen LogP contribution in [0.3, 0.4) is 0 Å². The van der Waals surface area contributed by atoms with Crippen molar-refractivity contribution in [1.29, 1.82) is 0 Å². The van der Waals surface area contributed by atoms with E-state index < -0.39 is 12.7 Å². The Morgan fingerprint density at radius 1 is 1.05 bits per heavy atom. The second kappa shape index (κ2) is 13.1. The molecule has 2 heterocycles. The maximum absolute atomic E-state index is 13.5. The molecular formula is C32H28ClF2N3O5. The van der Waals surface area contributed by atoms with Crippen molar-refractivity contribution in [3.8, 4) is 28.0 Å². The predicted octanol–water partition coefficient (Wildman–Crippen LogP) is 7.73. The lowest BCUT2D eigenvalue weighted by Gasteiger charge is -2.21. The SMILES string of the molecule is COC(=O)Nc1ccc2c(c1)NC(=O)CCCC[C@H](c1ccc(-c3cc(Cl)ccc3OC(F)F)c[n+]1[O-])c1cccc-2c1. The molecule has 2 N–H and O–H groups in total. The summed E-state index contributed by atoms with van der Waals surface area (Å²) >= 11 is 6.12. The van der Waals surface area contributed by atoms with Gasteiger partial charge in [-0.05, 0) is 60.4 Å².